The number of carbonyl (C=O) groups is 1. The molecule has 0 aromatic carbocycles. The van der Waals surface area contributed by atoms with Crippen LogP contribution in [0.1, 0.15) is 0 Å². The molecule has 0 heterocycles. The number of carboxylic acid groups (broad SMARTS) is 1. The van der Waals surface area contributed by atoms with Gasteiger partial charge in [-0.1, -0.05) is 0 Å². The van der Waals surface area contributed by atoms with E-state index in [4.69, 9.17) is 5.11 Å². The van der Waals surface area contributed by atoms with Gasteiger partial charge < -0.3 is 5.11 Å². The Bertz CT molecular complexity index is 630. The van der Waals surface area contributed by atoms with Crippen molar-refractivity contribution in [2.75, 3.05) is 0 Å². The van der Waals surface area contributed by atoms with Gasteiger partial charge in [0.2, 0.25) is 0 Å². The van der Waals surface area contributed by atoms with Gasteiger partial charge in [-0.15, -0.1) is 0 Å². The molecule has 0 bridgehead atoms. The van der Waals surface area contributed by atoms with E-state index in [9.17, 15) is 79.4 Å². The Morgan fingerprint density at radius 3 is 1.10 bits per heavy atom. The normalized spacial score (nSPS) is 19.5. The first-order chi connectivity index (χ1) is 12.2. The summed E-state index contributed by atoms with van der Waals surface area (Å²) in [5, 5.41) is 7.82. The van der Waals surface area contributed by atoms with Crippen LogP contribution in [0.25, 0.3) is 0 Å². The molecule has 0 saturated heterocycles. The smallest absolute Gasteiger partial charge is 0.460 e. The van der Waals surface area contributed by atoms with E-state index in [1.165, 1.54) is 4.74 Å². The third kappa shape index (κ3) is 3.74. The second-order valence-electron chi connectivity index (χ2n) is 4.82. The minimum Gasteiger partial charge on any atom is -0.477 e. The lowest BCUT2D eigenvalue weighted by Gasteiger charge is -2.43. The van der Waals surface area contributed by atoms with Gasteiger partial charge >= 0.3 is 54.0 Å². The Kier molecular flexibility index (Phi) is 6.22. The maximum atomic E-state index is 13.6. The van der Waals surface area contributed by atoms with E-state index in [0.717, 1.165) is 0 Å². The van der Waals surface area contributed by atoms with E-state index < -0.39 is 54.0 Å². The van der Waals surface area contributed by atoms with Crippen LogP contribution in [0.15, 0.2) is 0 Å². The molecule has 20 heteroatoms. The summed E-state index contributed by atoms with van der Waals surface area (Å²) in [6.45, 7) is 0. The maximum Gasteiger partial charge on any atom is 0.460 e. The number of carboxylic acids is 1. The quantitative estimate of drug-likeness (QED) is 0.544. The van der Waals surface area contributed by atoms with Crippen LogP contribution >= 0.6 is 0 Å². The third-order valence-electron chi connectivity index (χ3n) is 2.88. The van der Waals surface area contributed by atoms with E-state index in [-0.39, 0.29) is 0 Å². The Morgan fingerprint density at radius 1 is 0.552 bits per heavy atom. The first kappa shape index (κ1) is 27.2. The van der Waals surface area contributed by atoms with Crippen molar-refractivity contribution in [3.05, 3.63) is 0 Å². The second-order valence-corrected chi connectivity index (χ2v) is 4.82. The number of halogens is 17. The lowest BCUT2D eigenvalue weighted by Crippen LogP contribution is -2.75. The van der Waals surface area contributed by atoms with Gasteiger partial charge in [-0.05, 0) is 0 Å². The summed E-state index contributed by atoms with van der Waals surface area (Å²) in [5.74, 6) is -28.6. The standard InChI is InChI=1S/C9HF17O3/c10-2(1(27)28,6(16,17)18)29-9(25,26)3(11,7(19,20)21)4(12,13)5(14,15)8(22,23)24/h(H,27,28). The van der Waals surface area contributed by atoms with Crippen LogP contribution < -0.4 is 0 Å². The van der Waals surface area contributed by atoms with Gasteiger partial charge in [-0.3, -0.25) is 4.74 Å². The van der Waals surface area contributed by atoms with Gasteiger partial charge in [0.15, 0.2) is 0 Å². The summed E-state index contributed by atoms with van der Waals surface area (Å²) in [4.78, 5) is 10.1. The molecule has 0 aliphatic rings. The van der Waals surface area contributed by atoms with Crippen molar-refractivity contribution in [2.24, 2.45) is 0 Å². The molecule has 2 atom stereocenters. The van der Waals surface area contributed by atoms with Gasteiger partial charge in [0.05, 0.1) is 0 Å². The van der Waals surface area contributed by atoms with Gasteiger partial charge in [-0.2, -0.15) is 70.2 Å². The molecule has 0 rings (SSSR count). The third-order valence-corrected chi connectivity index (χ3v) is 2.88. The van der Waals surface area contributed by atoms with Crippen LogP contribution in [-0.4, -0.2) is 59.1 Å². The van der Waals surface area contributed by atoms with E-state index in [2.05, 4.69) is 0 Å². The molecule has 0 saturated carbocycles. The molecule has 0 radical (unpaired) electrons. The molecule has 0 aromatic rings. The molecular weight excluding hydrogens is 479 g/mol. The van der Waals surface area contributed by atoms with Crippen LogP contribution in [0.3, 0.4) is 0 Å². The maximum absolute atomic E-state index is 13.6. The fourth-order valence-corrected chi connectivity index (χ4v) is 1.39. The first-order valence-electron chi connectivity index (χ1n) is 5.80. The van der Waals surface area contributed by atoms with Crippen LogP contribution in [-0.2, 0) is 9.53 Å². The van der Waals surface area contributed by atoms with Gasteiger partial charge in [0, 0.05) is 0 Å². The van der Waals surface area contributed by atoms with Crippen LogP contribution in [0.5, 0.6) is 0 Å². The number of hydrogen-bond donors (Lipinski definition) is 1. The Morgan fingerprint density at radius 2 is 0.897 bits per heavy atom. The van der Waals surface area contributed by atoms with Crippen LogP contribution in [0, 0.1) is 0 Å². The minimum atomic E-state index is -8.73. The highest BCUT2D eigenvalue weighted by atomic mass is 19.4. The van der Waals surface area contributed by atoms with Crippen molar-refractivity contribution in [3.63, 3.8) is 0 Å². The molecule has 2 unspecified atom stereocenters. The molecular formula is C9HF17O3. The van der Waals surface area contributed by atoms with Gasteiger partial charge in [0.25, 0.3) is 0 Å². The number of hydrogen-bond acceptors (Lipinski definition) is 2. The molecule has 0 amide bonds. The van der Waals surface area contributed by atoms with Crippen LogP contribution in [0.4, 0.5) is 74.6 Å². The molecule has 0 aliphatic heterocycles. The largest absolute Gasteiger partial charge is 0.477 e. The van der Waals surface area contributed by atoms with Crippen molar-refractivity contribution < 1.29 is 89.3 Å². The van der Waals surface area contributed by atoms with Crippen molar-refractivity contribution in [1.82, 2.24) is 0 Å². The summed E-state index contributed by atoms with van der Waals surface area (Å²) in [5.41, 5.74) is -8.73. The summed E-state index contributed by atoms with van der Waals surface area (Å²) in [7, 11) is 0. The lowest BCUT2D eigenvalue weighted by molar-refractivity contribution is -0.500. The van der Waals surface area contributed by atoms with Crippen molar-refractivity contribution in [1.29, 1.82) is 0 Å². The zero-order chi connectivity index (χ0) is 24.3. The average Bonchev–Trinajstić information content (AvgIpc) is 2.41. The molecule has 0 spiro atoms. The second kappa shape index (κ2) is 6.62. The monoisotopic (exact) mass is 480 g/mol. The molecule has 29 heavy (non-hydrogen) atoms. The average molecular weight is 480 g/mol. The molecule has 0 aromatic heterocycles. The highest BCUT2D eigenvalue weighted by Gasteiger charge is 2.95. The summed E-state index contributed by atoms with van der Waals surface area (Å²) < 4.78 is 216. The number of aliphatic carboxylic acids is 1. The topological polar surface area (TPSA) is 46.5 Å². The van der Waals surface area contributed by atoms with E-state index >= 15 is 0 Å². The van der Waals surface area contributed by atoms with E-state index in [1.54, 1.807) is 0 Å². The van der Waals surface area contributed by atoms with E-state index in [0.29, 0.717) is 0 Å². The summed E-state index contributed by atoms with van der Waals surface area (Å²) in [6, 6.07) is 0. The Balaban J connectivity index is 7.00. The zero-order valence-corrected chi connectivity index (χ0v) is 12.2. The molecule has 174 valence electrons. The van der Waals surface area contributed by atoms with Gasteiger partial charge in [0.1, 0.15) is 0 Å². The van der Waals surface area contributed by atoms with Crippen molar-refractivity contribution in [2.45, 2.75) is 48.0 Å². The van der Waals surface area contributed by atoms with Crippen molar-refractivity contribution >= 4 is 5.97 Å². The molecule has 3 nitrogen and oxygen atoms in total. The Labute approximate surface area is 145 Å². The number of ether oxygens (including phenoxy) is 1. The highest BCUT2D eigenvalue weighted by molar-refractivity contribution is 5.76. The zero-order valence-electron chi connectivity index (χ0n) is 12.2. The number of rotatable bonds is 6. The van der Waals surface area contributed by atoms with Crippen molar-refractivity contribution in [3.8, 4) is 0 Å². The predicted octanol–water partition coefficient (Wildman–Crippen LogP) is 5.01. The van der Waals surface area contributed by atoms with E-state index in [1.807, 2.05) is 0 Å². The fraction of sp³-hybridized carbons (Fsp3) is 0.889. The first-order valence-corrected chi connectivity index (χ1v) is 5.80. The fourth-order valence-electron chi connectivity index (χ4n) is 1.39. The lowest BCUT2D eigenvalue weighted by atomic mass is 9.89. The van der Waals surface area contributed by atoms with Gasteiger partial charge in [-0.25, -0.2) is 9.18 Å². The summed E-state index contributed by atoms with van der Waals surface area (Å²) in [6.07, 6.45) is -32.0. The highest BCUT2D eigenvalue weighted by Crippen LogP contribution is 2.63. The molecule has 0 fully saturated rings. The summed E-state index contributed by atoms with van der Waals surface area (Å²) >= 11 is 0. The molecule has 0 aliphatic carbocycles. The van der Waals surface area contributed by atoms with Crippen LogP contribution in [0.2, 0.25) is 0 Å². The SMILES string of the molecule is O=C(O)C(F)(OC(F)(F)C(F)(C(F)(F)F)C(F)(F)C(F)(F)C(F)(F)F)C(F)(F)F. The number of alkyl halides is 17. The Hall–Kier alpha value is -1.76. The molecule has 1 N–H and O–H groups in total. The predicted molar refractivity (Wildman–Crippen MR) is 49.4 cm³/mol. The minimum absolute atomic E-state index is 1.34.